The fourth-order valence-electron chi connectivity index (χ4n) is 1.44. The lowest BCUT2D eigenvalue weighted by molar-refractivity contribution is -0.143. The summed E-state index contributed by atoms with van der Waals surface area (Å²) in [6, 6.07) is 1.79. The van der Waals surface area contributed by atoms with Crippen LogP contribution in [0.5, 0.6) is 0 Å². The lowest BCUT2D eigenvalue weighted by Gasteiger charge is -2.20. The Bertz CT molecular complexity index is 557. The number of nitrogen functional groups attached to an aromatic ring is 1. The van der Waals surface area contributed by atoms with Gasteiger partial charge in [-0.15, -0.1) is 0 Å². The minimum absolute atomic E-state index is 0.123. The molecule has 106 valence electrons. The zero-order chi connectivity index (χ0) is 14.6. The molecule has 1 rings (SSSR count). The van der Waals surface area contributed by atoms with Gasteiger partial charge in [-0.05, 0) is 18.1 Å². The number of methoxy groups -OCH3 is 1. The number of sulfonamides is 1. The smallest absolute Gasteiger partial charge is 0.324 e. The van der Waals surface area contributed by atoms with E-state index in [4.69, 9.17) is 5.73 Å². The number of carbonyl (C=O) groups is 1. The van der Waals surface area contributed by atoms with Gasteiger partial charge in [0.2, 0.25) is 10.0 Å². The van der Waals surface area contributed by atoms with E-state index in [1.807, 2.05) is 0 Å². The summed E-state index contributed by atoms with van der Waals surface area (Å²) in [6.07, 6.45) is 1.38. The lowest BCUT2D eigenvalue weighted by Crippen LogP contribution is -2.45. The van der Waals surface area contributed by atoms with Gasteiger partial charge in [-0.2, -0.15) is 4.72 Å². The molecule has 1 heterocycles. The first-order chi connectivity index (χ1) is 8.79. The first kappa shape index (κ1) is 15.4. The summed E-state index contributed by atoms with van der Waals surface area (Å²) in [5.41, 5.74) is 5.52. The van der Waals surface area contributed by atoms with Crippen LogP contribution in [-0.2, 0) is 19.6 Å². The fraction of sp³-hybridized carbons (Fsp3) is 0.455. The summed E-state index contributed by atoms with van der Waals surface area (Å²) in [6.45, 7) is 3.41. The molecule has 0 amide bonds. The molecule has 0 fully saturated rings. The molecule has 0 spiro atoms. The van der Waals surface area contributed by atoms with Crippen molar-refractivity contribution in [2.24, 2.45) is 5.92 Å². The zero-order valence-corrected chi connectivity index (χ0v) is 11.8. The van der Waals surface area contributed by atoms with Crippen LogP contribution in [0, 0.1) is 5.92 Å². The monoisotopic (exact) mass is 287 g/mol. The fourth-order valence-corrected chi connectivity index (χ4v) is 2.86. The summed E-state index contributed by atoms with van der Waals surface area (Å²) in [7, 11) is -2.73. The van der Waals surface area contributed by atoms with Crippen LogP contribution in [-0.4, -0.2) is 32.5 Å². The molecule has 1 atom stereocenters. The van der Waals surface area contributed by atoms with Crippen molar-refractivity contribution in [1.29, 1.82) is 0 Å². The van der Waals surface area contributed by atoms with Crippen LogP contribution in [0.2, 0.25) is 0 Å². The summed E-state index contributed by atoms with van der Waals surface area (Å²) < 4.78 is 31.1. The van der Waals surface area contributed by atoms with Crippen molar-refractivity contribution < 1.29 is 17.9 Å². The standard InChI is InChI=1S/C11H17N3O4S/c1-7(2)9(11(15)18-3)14-19(16,17)8-5-4-6-13-10(8)12/h4-7,9,14H,1-3H3,(H2,12,13). The number of hydrogen-bond acceptors (Lipinski definition) is 6. The Hall–Kier alpha value is -1.67. The van der Waals surface area contributed by atoms with Crippen molar-refractivity contribution >= 4 is 21.8 Å². The molecular formula is C11H17N3O4S. The third-order valence-electron chi connectivity index (χ3n) is 2.49. The Morgan fingerprint density at radius 1 is 1.47 bits per heavy atom. The molecule has 19 heavy (non-hydrogen) atoms. The summed E-state index contributed by atoms with van der Waals surface area (Å²) in [5, 5.41) is 0. The number of ether oxygens (including phenoxy) is 1. The predicted octanol–water partition coefficient (Wildman–Crippen LogP) is 0.140. The molecule has 0 aliphatic carbocycles. The first-order valence-corrected chi connectivity index (χ1v) is 7.08. The highest BCUT2D eigenvalue weighted by molar-refractivity contribution is 7.89. The minimum Gasteiger partial charge on any atom is -0.468 e. The van der Waals surface area contributed by atoms with Gasteiger partial charge in [-0.25, -0.2) is 13.4 Å². The summed E-state index contributed by atoms with van der Waals surface area (Å²) in [5.74, 6) is -1.04. The van der Waals surface area contributed by atoms with Gasteiger partial charge in [0.1, 0.15) is 16.8 Å². The largest absolute Gasteiger partial charge is 0.468 e. The SMILES string of the molecule is COC(=O)C(NS(=O)(=O)c1cccnc1N)C(C)C. The number of anilines is 1. The first-order valence-electron chi connectivity index (χ1n) is 5.60. The normalized spacial score (nSPS) is 13.3. The van der Waals surface area contributed by atoms with Crippen molar-refractivity contribution in [2.75, 3.05) is 12.8 Å². The van der Waals surface area contributed by atoms with Gasteiger partial charge >= 0.3 is 5.97 Å². The molecule has 3 N–H and O–H groups in total. The number of hydrogen-bond donors (Lipinski definition) is 2. The maximum Gasteiger partial charge on any atom is 0.324 e. The van der Waals surface area contributed by atoms with E-state index in [0.29, 0.717) is 0 Å². The Morgan fingerprint density at radius 3 is 2.58 bits per heavy atom. The molecule has 0 bridgehead atoms. The Kier molecular flexibility index (Phi) is 4.84. The van der Waals surface area contributed by atoms with E-state index in [1.165, 1.54) is 25.4 Å². The Morgan fingerprint density at radius 2 is 2.11 bits per heavy atom. The number of nitrogens with zero attached hydrogens (tertiary/aromatic N) is 1. The Labute approximate surface area is 112 Å². The number of pyridine rings is 1. The molecule has 1 unspecified atom stereocenters. The van der Waals surface area contributed by atoms with Gasteiger partial charge in [-0.1, -0.05) is 13.8 Å². The van der Waals surface area contributed by atoms with Crippen molar-refractivity contribution in [2.45, 2.75) is 24.8 Å². The molecule has 0 aromatic carbocycles. The van der Waals surface area contributed by atoms with Gasteiger partial charge in [0.25, 0.3) is 0 Å². The topological polar surface area (TPSA) is 111 Å². The number of aromatic nitrogens is 1. The number of esters is 1. The molecule has 1 aromatic heterocycles. The van der Waals surface area contributed by atoms with Crippen molar-refractivity contribution in [3.63, 3.8) is 0 Å². The van der Waals surface area contributed by atoms with E-state index < -0.39 is 22.0 Å². The number of rotatable bonds is 5. The maximum atomic E-state index is 12.1. The highest BCUT2D eigenvalue weighted by Gasteiger charge is 2.30. The highest BCUT2D eigenvalue weighted by atomic mass is 32.2. The van der Waals surface area contributed by atoms with E-state index in [1.54, 1.807) is 13.8 Å². The van der Waals surface area contributed by atoms with Gasteiger partial charge in [0, 0.05) is 6.20 Å². The second-order valence-electron chi connectivity index (χ2n) is 4.25. The second-order valence-corrected chi connectivity index (χ2v) is 5.94. The van der Waals surface area contributed by atoms with Gasteiger partial charge in [0.15, 0.2) is 0 Å². The number of carbonyl (C=O) groups excluding carboxylic acids is 1. The average molecular weight is 287 g/mol. The van der Waals surface area contributed by atoms with E-state index in [-0.39, 0.29) is 16.6 Å². The van der Waals surface area contributed by atoms with Crippen LogP contribution in [0.4, 0.5) is 5.82 Å². The van der Waals surface area contributed by atoms with Crippen LogP contribution in [0.3, 0.4) is 0 Å². The summed E-state index contributed by atoms with van der Waals surface area (Å²) in [4.78, 5) is 15.1. The van der Waals surface area contributed by atoms with Crippen LogP contribution in [0.15, 0.2) is 23.2 Å². The Balaban J connectivity index is 3.08. The van der Waals surface area contributed by atoms with Gasteiger partial charge < -0.3 is 10.5 Å². The molecule has 1 aromatic rings. The maximum absolute atomic E-state index is 12.1. The predicted molar refractivity (Wildman–Crippen MR) is 69.6 cm³/mol. The van der Waals surface area contributed by atoms with Crippen molar-refractivity contribution in [3.05, 3.63) is 18.3 Å². The molecule has 0 saturated heterocycles. The summed E-state index contributed by atoms with van der Waals surface area (Å²) >= 11 is 0. The molecule has 7 nitrogen and oxygen atoms in total. The van der Waals surface area contributed by atoms with E-state index >= 15 is 0 Å². The van der Waals surface area contributed by atoms with E-state index in [2.05, 4.69) is 14.4 Å². The molecule has 0 radical (unpaired) electrons. The van der Waals surface area contributed by atoms with Crippen LogP contribution >= 0.6 is 0 Å². The van der Waals surface area contributed by atoms with Crippen molar-refractivity contribution in [3.8, 4) is 0 Å². The number of nitrogens with one attached hydrogen (secondary N) is 1. The third-order valence-corrected chi connectivity index (χ3v) is 3.98. The highest BCUT2D eigenvalue weighted by Crippen LogP contribution is 2.16. The van der Waals surface area contributed by atoms with Crippen LogP contribution < -0.4 is 10.5 Å². The zero-order valence-electron chi connectivity index (χ0n) is 11.0. The lowest BCUT2D eigenvalue weighted by atomic mass is 10.1. The second kappa shape index (κ2) is 5.98. The van der Waals surface area contributed by atoms with E-state index in [0.717, 1.165) is 0 Å². The van der Waals surface area contributed by atoms with Crippen LogP contribution in [0.25, 0.3) is 0 Å². The van der Waals surface area contributed by atoms with E-state index in [9.17, 15) is 13.2 Å². The van der Waals surface area contributed by atoms with Gasteiger partial charge in [-0.3, -0.25) is 4.79 Å². The van der Waals surface area contributed by atoms with Crippen LogP contribution in [0.1, 0.15) is 13.8 Å². The molecular weight excluding hydrogens is 270 g/mol. The van der Waals surface area contributed by atoms with Gasteiger partial charge in [0.05, 0.1) is 7.11 Å². The average Bonchev–Trinajstić information content (AvgIpc) is 2.35. The molecule has 0 aliphatic heterocycles. The van der Waals surface area contributed by atoms with Crippen molar-refractivity contribution in [1.82, 2.24) is 9.71 Å². The molecule has 0 aliphatic rings. The molecule has 8 heteroatoms. The molecule has 0 saturated carbocycles. The third kappa shape index (κ3) is 3.65. The minimum atomic E-state index is -3.93. The quantitative estimate of drug-likeness (QED) is 0.745. The number of nitrogens with two attached hydrogens (primary N) is 1.